The molecule has 0 saturated carbocycles. The molecule has 0 amide bonds. The van der Waals surface area contributed by atoms with E-state index in [4.69, 9.17) is 0 Å². The van der Waals surface area contributed by atoms with Gasteiger partial charge in [0, 0.05) is 6.20 Å². The van der Waals surface area contributed by atoms with Crippen molar-refractivity contribution in [2.45, 2.75) is 34.1 Å². The lowest BCUT2D eigenvalue weighted by Crippen LogP contribution is -2.10. The third-order valence-corrected chi connectivity index (χ3v) is 2.34. The molecule has 1 aromatic rings. The molecule has 0 saturated heterocycles. The van der Waals surface area contributed by atoms with Crippen LogP contribution >= 0.6 is 15.9 Å². The SMILES string of the molecule is Cc1cc(Br)ncc1CC(C)(C)C. The Bertz CT molecular complexity index is 299. The standard InChI is InChI=1S/C11H16BrN/c1-8-5-10(12)13-7-9(8)6-11(2,3)4/h5,7H,6H2,1-4H3. The van der Waals surface area contributed by atoms with E-state index in [0.717, 1.165) is 11.0 Å². The van der Waals surface area contributed by atoms with Gasteiger partial charge < -0.3 is 0 Å². The van der Waals surface area contributed by atoms with Crippen LogP contribution in [0.4, 0.5) is 0 Å². The molecule has 0 unspecified atom stereocenters. The second-order valence-corrected chi connectivity index (χ2v) is 5.48. The van der Waals surface area contributed by atoms with Crippen molar-refractivity contribution >= 4 is 15.9 Å². The van der Waals surface area contributed by atoms with Crippen LogP contribution in [-0.4, -0.2) is 4.98 Å². The number of hydrogen-bond acceptors (Lipinski definition) is 1. The topological polar surface area (TPSA) is 12.9 Å². The lowest BCUT2D eigenvalue weighted by Gasteiger charge is -2.19. The highest BCUT2D eigenvalue weighted by atomic mass is 79.9. The highest BCUT2D eigenvalue weighted by Gasteiger charge is 2.12. The molecule has 2 heteroatoms. The molecule has 1 nitrogen and oxygen atoms in total. The smallest absolute Gasteiger partial charge is 0.106 e. The first kappa shape index (κ1) is 10.7. The molecule has 0 aliphatic heterocycles. The molecule has 0 aliphatic carbocycles. The van der Waals surface area contributed by atoms with Gasteiger partial charge >= 0.3 is 0 Å². The Morgan fingerprint density at radius 3 is 2.46 bits per heavy atom. The van der Waals surface area contributed by atoms with E-state index < -0.39 is 0 Å². The molecular formula is C11H16BrN. The van der Waals surface area contributed by atoms with Crippen molar-refractivity contribution in [1.82, 2.24) is 4.98 Å². The van der Waals surface area contributed by atoms with Crippen molar-refractivity contribution < 1.29 is 0 Å². The summed E-state index contributed by atoms with van der Waals surface area (Å²) in [5.41, 5.74) is 2.99. The third kappa shape index (κ3) is 3.47. The van der Waals surface area contributed by atoms with Crippen LogP contribution in [0.2, 0.25) is 0 Å². The molecule has 0 aromatic carbocycles. The number of aryl methyl sites for hydroxylation is 1. The summed E-state index contributed by atoms with van der Waals surface area (Å²) in [6, 6.07) is 2.07. The molecule has 13 heavy (non-hydrogen) atoms. The first-order chi connectivity index (χ1) is 5.88. The van der Waals surface area contributed by atoms with Crippen LogP contribution in [0.25, 0.3) is 0 Å². The minimum absolute atomic E-state index is 0.334. The van der Waals surface area contributed by atoms with Crippen LogP contribution < -0.4 is 0 Å². The molecule has 1 heterocycles. The number of halogens is 1. The van der Waals surface area contributed by atoms with Crippen LogP contribution in [-0.2, 0) is 6.42 Å². The van der Waals surface area contributed by atoms with Gasteiger partial charge in [-0.2, -0.15) is 0 Å². The van der Waals surface area contributed by atoms with Crippen LogP contribution in [0, 0.1) is 12.3 Å². The van der Waals surface area contributed by atoms with E-state index in [9.17, 15) is 0 Å². The average molecular weight is 242 g/mol. The summed E-state index contributed by atoms with van der Waals surface area (Å²) < 4.78 is 0.919. The predicted octanol–water partition coefficient (Wildman–Crippen LogP) is 3.74. The van der Waals surface area contributed by atoms with Crippen LogP contribution in [0.5, 0.6) is 0 Å². The normalized spacial score (nSPS) is 11.8. The number of rotatable bonds is 1. The molecule has 1 aromatic heterocycles. The summed E-state index contributed by atoms with van der Waals surface area (Å²) in [4.78, 5) is 4.24. The molecule has 0 aliphatic rings. The van der Waals surface area contributed by atoms with Crippen molar-refractivity contribution in [1.29, 1.82) is 0 Å². The fourth-order valence-electron chi connectivity index (χ4n) is 1.31. The Morgan fingerprint density at radius 2 is 2.00 bits per heavy atom. The van der Waals surface area contributed by atoms with Gasteiger partial charge in [0.1, 0.15) is 4.60 Å². The van der Waals surface area contributed by atoms with Crippen molar-refractivity contribution in [3.8, 4) is 0 Å². The number of aromatic nitrogens is 1. The first-order valence-corrected chi connectivity index (χ1v) is 5.29. The van der Waals surface area contributed by atoms with Gasteiger partial charge in [-0.15, -0.1) is 0 Å². The maximum Gasteiger partial charge on any atom is 0.106 e. The Labute approximate surface area is 88.7 Å². The fraction of sp³-hybridized carbons (Fsp3) is 0.545. The quantitative estimate of drug-likeness (QED) is 0.683. The summed E-state index contributed by atoms with van der Waals surface area (Å²) in [5, 5.41) is 0. The molecule has 0 radical (unpaired) electrons. The number of hydrogen-bond donors (Lipinski definition) is 0. The lowest BCUT2D eigenvalue weighted by atomic mass is 9.87. The Morgan fingerprint density at radius 1 is 1.38 bits per heavy atom. The van der Waals surface area contributed by atoms with Gasteiger partial charge in [0.2, 0.25) is 0 Å². The van der Waals surface area contributed by atoms with Gasteiger partial charge in [-0.1, -0.05) is 20.8 Å². The Hall–Kier alpha value is -0.370. The second-order valence-electron chi connectivity index (χ2n) is 4.67. The highest BCUT2D eigenvalue weighted by molar-refractivity contribution is 9.10. The molecular weight excluding hydrogens is 226 g/mol. The van der Waals surface area contributed by atoms with Crippen LogP contribution in [0.1, 0.15) is 31.9 Å². The first-order valence-electron chi connectivity index (χ1n) is 4.49. The molecule has 0 atom stereocenters. The van der Waals surface area contributed by atoms with Crippen LogP contribution in [0.15, 0.2) is 16.9 Å². The summed E-state index contributed by atoms with van der Waals surface area (Å²) in [5.74, 6) is 0. The minimum Gasteiger partial charge on any atom is -0.249 e. The van der Waals surface area contributed by atoms with E-state index in [0.29, 0.717) is 5.41 Å². The largest absolute Gasteiger partial charge is 0.249 e. The van der Waals surface area contributed by atoms with E-state index in [1.807, 2.05) is 6.20 Å². The number of pyridine rings is 1. The maximum absolute atomic E-state index is 4.24. The Kier molecular flexibility index (Phi) is 3.12. The molecule has 0 fully saturated rings. The molecule has 72 valence electrons. The fourth-order valence-corrected chi connectivity index (χ4v) is 1.75. The van der Waals surface area contributed by atoms with E-state index in [1.54, 1.807) is 0 Å². The van der Waals surface area contributed by atoms with Gasteiger partial charge in [0.15, 0.2) is 0 Å². The minimum atomic E-state index is 0.334. The summed E-state index contributed by atoms with van der Waals surface area (Å²) in [6.07, 6.45) is 3.05. The molecule has 0 spiro atoms. The van der Waals surface area contributed by atoms with E-state index in [2.05, 4.69) is 54.7 Å². The lowest BCUT2D eigenvalue weighted by molar-refractivity contribution is 0.410. The Balaban J connectivity index is 2.90. The van der Waals surface area contributed by atoms with E-state index in [-0.39, 0.29) is 0 Å². The second kappa shape index (κ2) is 3.79. The van der Waals surface area contributed by atoms with E-state index >= 15 is 0 Å². The third-order valence-electron chi connectivity index (χ3n) is 1.91. The van der Waals surface area contributed by atoms with Crippen LogP contribution in [0.3, 0.4) is 0 Å². The molecule has 1 rings (SSSR count). The van der Waals surface area contributed by atoms with Crippen molar-refractivity contribution in [2.75, 3.05) is 0 Å². The van der Waals surface area contributed by atoms with Gasteiger partial charge in [-0.25, -0.2) is 4.98 Å². The maximum atomic E-state index is 4.24. The molecule has 0 bridgehead atoms. The summed E-state index contributed by atoms with van der Waals surface area (Å²) in [7, 11) is 0. The van der Waals surface area contributed by atoms with Gasteiger partial charge in [-0.3, -0.25) is 0 Å². The van der Waals surface area contributed by atoms with Crippen molar-refractivity contribution in [3.63, 3.8) is 0 Å². The number of nitrogens with zero attached hydrogens (tertiary/aromatic N) is 1. The average Bonchev–Trinajstić information content (AvgIpc) is 1.93. The zero-order chi connectivity index (χ0) is 10.1. The zero-order valence-electron chi connectivity index (χ0n) is 8.69. The predicted molar refractivity (Wildman–Crippen MR) is 59.8 cm³/mol. The monoisotopic (exact) mass is 241 g/mol. The van der Waals surface area contributed by atoms with Crippen molar-refractivity contribution in [3.05, 3.63) is 28.0 Å². The van der Waals surface area contributed by atoms with Gasteiger partial charge in [0.25, 0.3) is 0 Å². The van der Waals surface area contributed by atoms with E-state index in [1.165, 1.54) is 11.1 Å². The summed E-state index contributed by atoms with van der Waals surface area (Å²) >= 11 is 3.36. The molecule has 0 N–H and O–H groups in total. The highest BCUT2D eigenvalue weighted by Crippen LogP contribution is 2.23. The summed E-state index contributed by atoms with van der Waals surface area (Å²) in [6.45, 7) is 8.87. The van der Waals surface area contributed by atoms with Gasteiger partial charge in [-0.05, 0) is 51.9 Å². The zero-order valence-corrected chi connectivity index (χ0v) is 10.3. The van der Waals surface area contributed by atoms with Crippen molar-refractivity contribution in [2.24, 2.45) is 5.41 Å². The van der Waals surface area contributed by atoms with Gasteiger partial charge in [0.05, 0.1) is 0 Å².